The number of nitrogens with zero attached hydrogens (tertiary/aromatic N) is 4. The van der Waals surface area contributed by atoms with E-state index < -0.39 is 23.3 Å². The molecule has 0 radical (unpaired) electrons. The quantitative estimate of drug-likeness (QED) is 0.174. The van der Waals surface area contributed by atoms with Gasteiger partial charge in [0.2, 0.25) is 17.8 Å². The molecule has 0 aliphatic rings. The van der Waals surface area contributed by atoms with Gasteiger partial charge < -0.3 is 0 Å². The SMILES string of the molecule is CSc1cc(-c2ccc(F)nc2F)nc(C(C)(C)c2cc(SC)cc(-c3ccc(Br)nc3F)n2)c1. The van der Waals surface area contributed by atoms with Crippen molar-refractivity contribution in [2.45, 2.75) is 29.1 Å². The molecule has 4 aromatic heterocycles. The molecule has 0 aliphatic carbocycles. The molecule has 10 heteroatoms. The Morgan fingerprint density at radius 3 is 1.63 bits per heavy atom. The average molecular weight is 577 g/mol. The maximum Gasteiger partial charge on any atom is 0.224 e. The van der Waals surface area contributed by atoms with Crippen molar-refractivity contribution in [2.75, 3.05) is 12.5 Å². The van der Waals surface area contributed by atoms with E-state index in [1.807, 2.05) is 44.6 Å². The summed E-state index contributed by atoms with van der Waals surface area (Å²) in [4.78, 5) is 18.4. The van der Waals surface area contributed by atoms with Crippen LogP contribution in [0.2, 0.25) is 0 Å². The first kappa shape index (κ1) is 25.7. The Morgan fingerprint density at radius 1 is 0.686 bits per heavy atom. The summed E-state index contributed by atoms with van der Waals surface area (Å²) in [6.45, 7) is 3.91. The van der Waals surface area contributed by atoms with Gasteiger partial charge in [0.05, 0.1) is 33.9 Å². The number of aromatic nitrogens is 4. The molecule has 0 aliphatic heterocycles. The van der Waals surface area contributed by atoms with Crippen LogP contribution < -0.4 is 0 Å². The Kier molecular flexibility index (Phi) is 7.54. The Bertz CT molecular complexity index is 1310. The largest absolute Gasteiger partial charge is 0.252 e. The highest BCUT2D eigenvalue weighted by atomic mass is 79.9. The summed E-state index contributed by atoms with van der Waals surface area (Å²) in [5, 5.41) is 0. The second-order valence-electron chi connectivity index (χ2n) is 8.12. The minimum atomic E-state index is -0.928. The second kappa shape index (κ2) is 10.3. The monoisotopic (exact) mass is 576 g/mol. The zero-order valence-electron chi connectivity index (χ0n) is 19.2. The van der Waals surface area contributed by atoms with Crippen LogP contribution in [-0.2, 0) is 5.41 Å². The van der Waals surface area contributed by atoms with Crippen LogP contribution in [0.3, 0.4) is 0 Å². The Morgan fingerprint density at radius 2 is 1.17 bits per heavy atom. The molecule has 0 N–H and O–H groups in total. The summed E-state index contributed by atoms with van der Waals surface area (Å²) in [6, 6.07) is 13.1. The molecule has 0 aromatic carbocycles. The summed E-state index contributed by atoms with van der Waals surface area (Å²) in [6.07, 6.45) is 3.84. The second-order valence-corrected chi connectivity index (χ2v) is 10.7. The number of pyridine rings is 4. The van der Waals surface area contributed by atoms with Gasteiger partial charge >= 0.3 is 0 Å². The van der Waals surface area contributed by atoms with E-state index in [9.17, 15) is 13.2 Å². The molecule has 4 aromatic rings. The normalized spacial score (nSPS) is 11.7. The van der Waals surface area contributed by atoms with Gasteiger partial charge in [0.15, 0.2) is 0 Å². The minimum absolute atomic E-state index is 0.105. The van der Waals surface area contributed by atoms with Crippen molar-refractivity contribution >= 4 is 39.5 Å². The van der Waals surface area contributed by atoms with Crippen molar-refractivity contribution in [3.05, 3.63) is 82.4 Å². The van der Waals surface area contributed by atoms with E-state index in [2.05, 4.69) is 25.9 Å². The van der Waals surface area contributed by atoms with E-state index in [0.717, 1.165) is 15.9 Å². The highest BCUT2D eigenvalue weighted by Crippen LogP contribution is 2.37. The molecular weight excluding hydrogens is 557 g/mol. The van der Waals surface area contributed by atoms with Gasteiger partial charge in [-0.25, -0.2) is 4.98 Å². The highest BCUT2D eigenvalue weighted by molar-refractivity contribution is 9.10. The highest BCUT2D eigenvalue weighted by Gasteiger charge is 2.29. The minimum Gasteiger partial charge on any atom is -0.252 e. The average Bonchev–Trinajstić information content (AvgIpc) is 2.83. The van der Waals surface area contributed by atoms with Crippen LogP contribution in [0, 0.1) is 17.8 Å². The number of hydrogen-bond donors (Lipinski definition) is 0. The van der Waals surface area contributed by atoms with Crippen molar-refractivity contribution in [1.82, 2.24) is 19.9 Å². The topological polar surface area (TPSA) is 51.6 Å². The molecule has 0 amide bonds. The molecule has 0 spiro atoms. The van der Waals surface area contributed by atoms with E-state index in [1.165, 1.54) is 29.6 Å². The van der Waals surface area contributed by atoms with Gasteiger partial charge in [0.25, 0.3) is 0 Å². The number of halogens is 4. The van der Waals surface area contributed by atoms with Crippen molar-refractivity contribution in [1.29, 1.82) is 0 Å². The first-order chi connectivity index (χ1) is 16.6. The Hall–Kier alpha value is -2.43. The molecule has 4 nitrogen and oxygen atoms in total. The predicted octanol–water partition coefficient (Wildman–Crippen LogP) is 7.55. The lowest BCUT2D eigenvalue weighted by Gasteiger charge is -2.26. The standard InChI is InChI=1S/C25H20BrF3N4S2/c1-25(2,19-11-13(34-3)9-17(30-19)15-5-7-21(26)32-23(15)28)20-12-14(35-4)10-18(31-20)16-6-8-22(27)33-24(16)29/h5-12H,1-4H3. The maximum atomic E-state index is 14.7. The van der Waals surface area contributed by atoms with Gasteiger partial charge in [-0.3, -0.25) is 9.97 Å². The van der Waals surface area contributed by atoms with Crippen molar-refractivity contribution in [3.63, 3.8) is 0 Å². The first-order valence-electron chi connectivity index (χ1n) is 10.4. The van der Waals surface area contributed by atoms with Crippen molar-refractivity contribution < 1.29 is 13.2 Å². The lowest BCUT2D eigenvalue weighted by molar-refractivity contribution is 0.514. The zero-order chi connectivity index (χ0) is 25.3. The molecule has 4 heterocycles. The summed E-state index contributed by atoms with van der Waals surface area (Å²) in [5.74, 6) is -2.45. The number of hydrogen-bond acceptors (Lipinski definition) is 6. The van der Waals surface area contributed by atoms with Gasteiger partial charge in [-0.2, -0.15) is 18.2 Å². The van der Waals surface area contributed by atoms with E-state index in [4.69, 9.17) is 9.97 Å². The van der Waals surface area contributed by atoms with Gasteiger partial charge in [-0.15, -0.1) is 23.5 Å². The van der Waals surface area contributed by atoms with Crippen LogP contribution in [-0.4, -0.2) is 32.4 Å². The molecule has 4 rings (SSSR count). The molecule has 0 fully saturated rings. The fraction of sp³-hybridized carbons (Fsp3) is 0.200. The fourth-order valence-corrected chi connectivity index (χ4v) is 4.71. The summed E-state index contributed by atoms with van der Waals surface area (Å²) < 4.78 is 42.9. The van der Waals surface area contributed by atoms with Crippen LogP contribution >= 0.6 is 39.5 Å². The third-order valence-electron chi connectivity index (χ3n) is 5.53. The van der Waals surface area contributed by atoms with Crippen molar-refractivity contribution in [3.8, 4) is 22.5 Å². The molecule has 180 valence electrons. The zero-order valence-corrected chi connectivity index (χ0v) is 22.5. The van der Waals surface area contributed by atoms with Gasteiger partial charge in [0.1, 0.15) is 4.60 Å². The molecule has 0 atom stereocenters. The summed E-state index contributed by atoms with van der Waals surface area (Å²) in [5.41, 5.74) is 1.75. The van der Waals surface area contributed by atoms with Gasteiger partial charge in [-0.05, 0) is 90.8 Å². The molecular formula is C25H20BrF3N4S2. The van der Waals surface area contributed by atoms with Crippen LogP contribution in [0.5, 0.6) is 0 Å². The molecule has 35 heavy (non-hydrogen) atoms. The first-order valence-corrected chi connectivity index (χ1v) is 13.6. The van der Waals surface area contributed by atoms with Crippen LogP contribution in [0.25, 0.3) is 22.5 Å². The van der Waals surface area contributed by atoms with Crippen molar-refractivity contribution in [2.24, 2.45) is 0 Å². The smallest absolute Gasteiger partial charge is 0.224 e. The Balaban J connectivity index is 1.87. The van der Waals surface area contributed by atoms with Gasteiger partial charge in [-0.1, -0.05) is 0 Å². The molecule has 0 saturated carbocycles. The lowest BCUT2D eigenvalue weighted by atomic mass is 9.84. The summed E-state index contributed by atoms with van der Waals surface area (Å²) >= 11 is 6.18. The lowest BCUT2D eigenvalue weighted by Crippen LogP contribution is -2.23. The van der Waals surface area contributed by atoms with E-state index in [0.29, 0.717) is 27.4 Å². The fourth-order valence-electron chi connectivity index (χ4n) is 3.50. The predicted molar refractivity (Wildman–Crippen MR) is 138 cm³/mol. The Labute approximate surface area is 218 Å². The van der Waals surface area contributed by atoms with Crippen LogP contribution in [0.15, 0.2) is 62.9 Å². The third-order valence-corrected chi connectivity index (χ3v) is 7.39. The van der Waals surface area contributed by atoms with Crippen LogP contribution in [0.4, 0.5) is 13.2 Å². The molecule has 0 unspecified atom stereocenters. The van der Waals surface area contributed by atoms with Crippen LogP contribution in [0.1, 0.15) is 25.2 Å². The van der Waals surface area contributed by atoms with Gasteiger partial charge in [0, 0.05) is 15.2 Å². The molecule has 0 bridgehead atoms. The number of thioether (sulfide) groups is 2. The number of rotatable bonds is 6. The maximum absolute atomic E-state index is 14.7. The summed E-state index contributed by atoms with van der Waals surface area (Å²) in [7, 11) is 0. The van der Waals surface area contributed by atoms with E-state index in [-0.39, 0.29) is 11.1 Å². The third kappa shape index (κ3) is 5.39. The molecule has 0 saturated heterocycles. The van der Waals surface area contributed by atoms with E-state index in [1.54, 1.807) is 18.2 Å². The van der Waals surface area contributed by atoms with E-state index >= 15 is 0 Å².